The second-order valence-corrected chi connectivity index (χ2v) is 7.86. The van der Waals surface area contributed by atoms with E-state index in [1.54, 1.807) is 12.1 Å². The van der Waals surface area contributed by atoms with Gasteiger partial charge in [-0.25, -0.2) is 4.39 Å². The zero-order chi connectivity index (χ0) is 19.8. The minimum atomic E-state index is -0.247. The van der Waals surface area contributed by atoms with Crippen molar-refractivity contribution in [2.45, 2.75) is 38.1 Å². The number of carbonyl (C=O) groups is 2. The average molecular weight is 391 g/mol. The van der Waals surface area contributed by atoms with Gasteiger partial charge in [0.2, 0.25) is 11.8 Å². The third kappa shape index (κ3) is 6.56. The summed E-state index contributed by atoms with van der Waals surface area (Å²) in [4.78, 5) is 26.5. The van der Waals surface area contributed by atoms with Crippen molar-refractivity contribution in [2.75, 3.05) is 39.3 Å². The summed E-state index contributed by atoms with van der Waals surface area (Å²) in [6, 6.07) is 6.32. The van der Waals surface area contributed by atoms with Gasteiger partial charge in [0.1, 0.15) is 5.82 Å². The fourth-order valence-electron chi connectivity index (χ4n) is 3.99. The molecule has 1 aromatic rings. The monoisotopic (exact) mass is 390 g/mol. The normalized spacial score (nSPS) is 22.8. The van der Waals surface area contributed by atoms with Crippen molar-refractivity contribution in [1.82, 2.24) is 20.9 Å². The predicted molar refractivity (Wildman–Crippen MR) is 106 cm³/mol. The van der Waals surface area contributed by atoms with Gasteiger partial charge in [-0.3, -0.25) is 14.5 Å². The lowest BCUT2D eigenvalue weighted by atomic mass is 9.98. The first-order chi connectivity index (χ1) is 13.6. The van der Waals surface area contributed by atoms with Crippen LogP contribution in [0, 0.1) is 11.7 Å². The van der Waals surface area contributed by atoms with Crippen molar-refractivity contribution >= 4 is 11.8 Å². The van der Waals surface area contributed by atoms with Gasteiger partial charge in [0.15, 0.2) is 0 Å². The van der Waals surface area contributed by atoms with Crippen LogP contribution in [-0.2, 0) is 16.0 Å². The molecular formula is C21H31FN4O2. The Balaban J connectivity index is 1.32. The number of amides is 2. The zero-order valence-corrected chi connectivity index (χ0v) is 16.4. The van der Waals surface area contributed by atoms with Gasteiger partial charge in [-0.1, -0.05) is 12.1 Å². The van der Waals surface area contributed by atoms with Crippen molar-refractivity contribution < 1.29 is 14.0 Å². The van der Waals surface area contributed by atoms with E-state index in [2.05, 4.69) is 20.9 Å². The van der Waals surface area contributed by atoms with E-state index in [-0.39, 0.29) is 23.7 Å². The number of nitrogens with zero attached hydrogens (tertiary/aromatic N) is 1. The summed E-state index contributed by atoms with van der Waals surface area (Å²) in [6.45, 7) is 4.29. The predicted octanol–water partition coefficient (Wildman–Crippen LogP) is 1.06. The van der Waals surface area contributed by atoms with Gasteiger partial charge < -0.3 is 16.0 Å². The van der Waals surface area contributed by atoms with Crippen LogP contribution in [0.4, 0.5) is 4.39 Å². The highest BCUT2D eigenvalue weighted by atomic mass is 19.1. The number of nitrogens with one attached hydrogen (secondary N) is 3. The third-order valence-electron chi connectivity index (χ3n) is 5.56. The molecular weight excluding hydrogens is 359 g/mol. The Bertz CT molecular complexity index is 646. The Labute approximate surface area is 166 Å². The second kappa shape index (κ2) is 10.5. The summed E-state index contributed by atoms with van der Waals surface area (Å²) in [5.74, 6) is 0.268. The minimum absolute atomic E-state index is 0.0157. The first kappa shape index (κ1) is 20.7. The number of halogens is 1. The molecule has 6 nitrogen and oxygen atoms in total. The third-order valence-corrected chi connectivity index (χ3v) is 5.56. The van der Waals surface area contributed by atoms with E-state index < -0.39 is 0 Å². The number of likely N-dealkylation sites (tertiary alicyclic amines) is 1. The number of rotatable bonds is 8. The van der Waals surface area contributed by atoms with Gasteiger partial charge in [-0.05, 0) is 68.8 Å². The summed E-state index contributed by atoms with van der Waals surface area (Å²) < 4.78 is 12.9. The van der Waals surface area contributed by atoms with Crippen LogP contribution < -0.4 is 16.0 Å². The van der Waals surface area contributed by atoms with Crippen LogP contribution in [0.2, 0.25) is 0 Å². The van der Waals surface area contributed by atoms with Gasteiger partial charge in [-0.15, -0.1) is 0 Å². The lowest BCUT2D eigenvalue weighted by molar-refractivity contribution is -0.124. The summed E-state index contributed by atoms with van der Waals surface area (Å²) in [6.07, 6.45) is 4.80. The van der Waals surface area contributed by atoms with E-state index in [1.807, 2.05) is 0 Å². The number of piperidine rings is 1. The van der Waals surface area contributed by atoms with Crippen LogP contribution in [0.15, 0.2) is 24.3 Å². The lowest BCUT2D eigenvalue weighted by Gasteiger charge is -2.32. The molecule has 2 atom stereocenters. The Morgan fingerprint density at radius 3 is 2.71 bits per heavy atom. The van der Waals surface area contributed by atoms with Gasteiger partial charge in [0.05, 0.1) is 12.6 Å². The van der Waals surface area contributed by atoms with Gasteiger partial charge in [0.25, 0.3) is 0 Å². The molecule has 2 amide bonds. The summed E-state index contributed by atoms with van der Waals surface area (Å²) >= 11 is 0. The molecule has 2 saturated heterocycles. The maximum atomic E-state index is 12.9. The molecule has 154 valence electrons. The van der Waals surface area contributed by atoms with Crippen LogP contribution in [0.1, 0.15) is 31.2 Å². The van der Waals surface area contributed by atoms with Crippen molar-refractivity contribution in [2.24, 2.45) is 5.92 Å². The highest BCUT2D eigenvalue weighted by molar-refractivity contribution is 5.82. The molecule has 2 aliphatic rings. The first-order valence-corrected chi connectivity index (χ1v) is 10.3. The molecule has 28 heavy (non-hydrogen) atoms. The molecule has 0 saturated carbocycles. The van der Waals surface area contributed by atoms with Crippen molar-refractivity contribution in [3.8, 4) is 0 Å². The maximum absolute atomic E-state index is 12.9. The molecule has 7 heteroatoms. The molecule has 0 spiro atoms. The van der Waals surface area contributed by atoms with Crippen molar-refractivity contribution in [1.29, 1.82) is 0 Å². The fraction of sp³-hybridized carbons (Fsp3) is 0.619. The lowest BCUT2D eigenvalue weighted by Crippen LogP contribution is -2.47. The van der Waals surface area contributed by atoms with Crippen LogP contribution in [0.3, 0.4) is 0 Å². The minimum Gasteiger partial charge on any atom is -0.355 e. The molecule has 3 rings (SSSR count). The van der Waals surface area contributed by atoms with E-state index in [1.165, 1.54) is 12.1 Å². The second-order valence-electron chi connectivity index (χ2n) is 7.86. The van der Waals surface area contributed by atoms with Gasteiger partial charge >= 0.3 is 0 Å². The highest BCUT2D eigenvalue weighted by Gasteiger charge is 2.25. The fourth-order valence-corrected chi connectivity index (χ4v) is 3.99. The van der Waals surface area contributed by atoms with Gasteiger partial charge in [-0.2, -0.15) is 0 Å². The topological polar surface area (TPSA) is 73.5 Å². The number of carbonyl (C=O) groups excluding carboxylic acids is 2. The smallest absolute Gasteiger partial charge is 0.237 e. The quantitative estimate of drug-likeness (QED) is 0.621. The molecule has 0 bridgehead atoms. The van der Waals surface area contributed by atoms with Crippen LogP contribution >= 0.6 is 0 Å². The van der Waals surface area contributed by atoms with Crippen LogP contribution in [-0.4, -0.2) is 62.0 Å². The standard InChI is InChI=1S/C21H31FN4O2/c22-18-7-5-16(6-8-18)9-11-24-20(27)15-26-12-2-3-17(14-26)13-25-21(28)19-4-1-10-23-19/h5-8,17,19,23H,1-4,9-15H2,(H,24,27)(H,25,28). The van der Waals surface area contributed by atoms with E-state index >= 15 is 0 Å². The van der Waals surface area contributed by atoms with Crippen molar-refractivity contribution in [3.05, 3.63) is 35.6 Å². The number of hydrogen-bond donors (Lipinski definition) is 3. The molecule has 3 N–H and O–H groups in total. The molecule has 0 aromatic heterocycles. The van der Waals surface area contributed by atoms with Crippen LogP contribution in [0.25, 0.3) is 0 Å². The Morgan fingerprint density at radius 1 is 1.14 bits per heavy atom. The van der Waals surface area contributed by atoms with Crippen molar-refractivity contribution in [3.63, 3.8) is 0 Å². The Hall–Kier alpha value is -1.99. The van der Waals surface area contributed by atoms with E-state index in [0.29, 0.717) is 32.0 Å². The first-order valence-electron chi connectivity index (χ1n) is 10.3. The molecule has 2 heterocycles. The maximum Gasteiger partial charge on any atom is 0.237 e. The van der Waals surface area contributed by atoms with Crippen LogP contribution in [0.5, 0.6) is 0 Å². The molecule has 0 radical (unpaired) electrons. The summed E-state index contributed by atoms with van der Waals surface area (Å²) in [5.41, 5.74) is 1.01. The molecule has 0 aliphatic carbocycles. The van der Waals surface area contributed by atoms with E-state index in [4.69, 9.17) is 0 Å². The van der Waals surface area contributed by atoms with Gasteiger partial charge in [0, 0.05) is 19.6 Å². The average Bonchev–Trinajstić information content (AvgIpc) is 3.23. The molecule has 2 aliphatic heterocycles. The zero-order valence-electron chi connectivity index (χ0n) is 16.4. The number of benzene rings is 1. The van der Waals surface area contributed by atoms with E-state index in [9.17, 15) is 14.0 Å². The SMILES string of the molecule is O=C(CN1CCCC(CNC(=O)C2CCCN2)C1)NCCc1ccc(F)cc1. The summed E-state index contributed by atoms with van der Waals surface area (Å²) in [5, 5.41) is 9.23. The van der Waals surface area contributed by atoms with E-state index in [0.717, 1.165) is 50.9 Å². The molecule has 2 unspecified atom stereocenters. The largest absolute Gasteiger partial charge is 0.355 e. The Kier molecular flexibility index (Phi) is 7.80. The molecule has 1 aromatic carbocycles. The Morgan fingerprint density at radius 2 is 1.96 bits per heavy atom. The number of hydrogen-bond acceptors (Lipinski definition) is 4. The highest BCUT2D eigenvalue weighted by Crippen LogP contribution is 2.15. The molecule has 2 fully saturated rings. The summed E-state index contributed by atoms with van der Waals surface area (Å²) in [7, 11) is 0.